The van der Waals surface area contributed by atoms with Crippen molar-refractivity contribution in [2.24, 2.45) is 5.92 Å². The second-order valence-corrected chi connectivity index (χ2v) is 8.42. The Labute approximate surface area is 163 Å². The summed E-state index contributed by atoms with van der Waals surface area (Å²) in [4.78, 5) is 22.7. The molecule has 0 aliphatic carbocycles. The number of rotatable bonds is 7. The first kappa shape index (κ1) is 21.2. The van der Waals surface area contributed by atoms with Crippen LogP contribution in [0.3, 0.4) is 0 Å². The molecule has 1 amide bonds. The molecule has 0 atom stereocenters. The standard InChI is InChI=1S/C19H22N2O6S/c1-11(2)8-18(23)20-13-4-6-14(7-5-13)21-28(26,27)17-10-15(19(24)25)16(22)9-12(17)3/h4-7,9-11,21-22H,8H2,1-3H3,(H,20,23)(H,24,25). The van der Waals surface area contributed by atoms with Crippen LogP contribution in [0.4, 0.5) is 11.4 Å². The molecule has 150 valence electrons. The average Bonchev–Trinajstić information content (AvgIpc) is 2.55. The number of aromatic carboxylic acids is 1. The number of phenols is 1. The molecular formula is C19H22N2O6S. The number of amides is 1. The molecule has 0 aliphatic rings. The van der Waals surface area contributed by atoms with Crippen molar-refractivity contribution in [2.45, 2.75) is 32.1 Å². The third kappa shape index (κ3) is 5.23. The third-order valence-corrected chi connectivity index (χ3v) is 5.35. The fourth-order valence-corrected chi connectivity index (χ4v) is 3.86. The Bertz CT molecular complexity index is 998. The number of carbonyl (C=O) groups excluding carboxylic acids is 1. The molecule has 0 radical (unpaired) electrons. The number of hydrogen-bond acceptors (Lipinski definition) is 5. The molecule has 0 heterocycles. The van der Waals surface area contributed by atoms with E-state index in [2.05, 4.69) is 10.0 Å². The molecule has 0 spiro atoms. The highest BCUT2D eigenvalue weighted by molar-refractivity contribution is 7.92. The van der Waals surface area contributed by atoms with Crippen LogP contribution < -0.4 is 10.0 Å². The molecule has 9 heteroatoms. The molecule has 0 aliphatic heterocycles. The average molecular weight is 406 g/mol. The van der Waals surface area contributed by atoms with Gasteiger partial charge in [0.25, 0.3) is 10.0 Å². The van der Waals surface area contributed by atoms with Gasteiger partial charge in [-0.05, 0) is 54.8 Å². The van der Waals surface area contributed by atoms with E-state index in [0.717, 1.165) is 12.1 Å². The molecule has 2 aromatic rings. The quantitative estimate of drug-likeness (QED) is 0.558. The minimum absolute atomic E-state index is 0.135. The van der Waals surface area contributed by atoms with Crippen LogP contribution in [0.1, 0.15) is 36.2 Å². The van der Waals surface area contributed by atoms with Crippen molar-refractivity contribution in [2.75, 3.05) is 10.0 Å². The van der Waals surface area contributed by atoms with Gasteiger partial charge in [0.2, 0.25) is 5.91 Å². The van der Waals surface area contributed by atoms with Crippen LogP contribution in [0, 0.1) is 12.8 Å². The van der Waals surface area contributed by atoms with Crippen molar-refractivity contribution >= 4 is 33.3 Å². The number of sulfonamides is 1. The lowest BCUT2D eigenvalue weighted by Crippen LogP contribution is -2.16. The lowest BCUT2D eigenvalue weighted by molar-refractivity contribution is -0.116. The maximum atomic E-state index is 12.6. The number of carboxylic acids is 1. The van der Waals surface area contributed by atoms with Crippen LogP contribution in [0.5, 0.6) is 5.75 Å². The monoisotopic (exact) mass is 406 g/mol. The Kier molecular flexibility index (Phi) is 6.30. The van der Waals surface area contributed by atoms with Crippen molar-refractivity contribution in [3.8, 4) is 5.75 Å². The highest BCUT2D eigenvalue weighted by Crippen LogP contribution is 2.27. The van der Waals surface area contributed by atoms with Crippen LogP contribution >= 0.6 is 0 Å². The van der Waals surface area contributed by atoms with Gasteiger partial charge in [-0.1, -0.05) is 13.8 Å². The number of aromatic hydroxyl groups is 1. The lowest BCUT2D eigenvalue weighted by Gasteiger charge is -2.13. The molecule has 28 heavy (non-hydrogen) atoms. The number of benzene rings is 2. The normalized spacial score (nSPS) is 11.3. The summed E-state index contributed by atoms with van der Waals surface area (Å²) in [6, 6.07) is 8.08. The van der Waals surface area contributed by atoms with Gasteiger partial charge in [-0.25, -0.2) is 13.2 Å². The second-order valence-electron chi connectivity index (χ2n) is 6.77. The maximum absolute atomic E-state index is 12.6. The van der Waals surface area contributed by atoms with E-state index in [9.17, 15) is 23.1 Å². The van der Waals surface area contributed by atoms with Gasteiger partial charge in [-0.2, -0.15) is 0 Å². The first-order chi connectivity index (χ1) is 13.0. The summed E-state index contributed by atoms with van der Waals surface area (Å²) in [5, 5.41) is 21.5. The zero-order valence-corrected chi connectivity index (χ0v) is 16.5. The summed E-state index contributed by atoms with van der Waals surface area (Å²) < 4.78 is 27.6. The molecule has 2 rings (SSSR count). The number of carboxylic acid groups (broad SMARTS) is 1. The molecule has 2 aromatic carbocycles. The van der Waals surface area contributed by atoms with E-state index in [0.29, 0.717) is 12.1 Å². The van der Waals surface area contributed by atoms with Crippen LogP contribution in [0.25, 0.3) is 0 Å². The summed E-state index contributed by atoms with van der Waals surface area (Å²) in [6.45, 7) is 5.31. The van der Waals surface area contributed by atoms with Crippen LogP contribution in [-0.4, -0.2) is 30.5 Å². The van der Waals surface area contributed by atoms with Gasteiger partial charge in [0, 0.05) is 17.8 Å². The largest absolute Gasteiger partial charge is 0.507 e. The predicted molar refractivity (Wildman–Crippen MR) is 105 cm³/mol. The van der Waals surface area contributed by atoms with Crippen molar-refractivity contribution in [3.63, 3.8) is 0 Å². The zero-order valence-electron chi connectivity index (χ0n) is 15.7. The lowest BCUT2D eigenvalue weighted by atomic mass is 10.1. The van der Waals surface area contributed by atoms with Gasteiger partial charge in [0.1, 0.15) is 11.3 Å². The highest BCUT2D eigenvalue weighted by atomic mass is 32.2. The Balaban J connectivity index is 2.22. The fourth-order valence-electron chi connectivity index (χ4n) is 2.55. The highest BCUT2D eigenvalue weighted by Gasteiger charge is 2.22. The molecular weight excluding hydrogens is 384 g/mol. The molecule has 0 aromatic heterocycles. The number of anilines is 2. The van der Waals surface area contributed by atoms with Crippen molar-refractivity contribution < 1.29 is 28.2 Å². The first-order valence-corrected chi connectivity index (χ1v) is 9.97. The van der Waals surface area contributed by atoms with Gasteiger partial charge in [-0.15, -0.1) is 0 Å². The summed E-state index contributed by atoms with van der Waals surface area (Å²) in [5.74, 6) is -1.86. The third-order valence-electron chi connectivity index (χ3n) is 3.83. The van der Waals surface area contributed by atoms with Gasteiger partial charge < -0.3 is 15.5 Å². The van der Waals surface area contributed by atoms with E-state index in [1.54, 1.807) is 12.1 Å². The maximum Gasteiger partial charge on any atom is 0.339 e. The number of nitrogens with one attached hydrogen (secondary N) is 2. The summed E-state index contributed by atoms with van der Waals surface area (Å²) in [7, 11) is -4.08. The molecule has 0 saturated heterocycles. The Morgan fingerprint density at radius 3 is 2.18 bits per heavy atom. The van der Waals surface area contributed by atoms with E-state index in [1.165, 1.54) is 19.1 Å². The van der Waals surface area contributed by atoms with Crippen LogP contribution in [0.15, 0.2) is 41.3 Å². The molecule has 4 N–H and O–H groups in total. The van der Waals surface area contributed by atoms with E-state index in [-0.39, 0.29) is 28.0 Å². The Morgan fingerprint density at radius 2 is 1.64 bits per heavy atom. The minimum Gasteiger partial charge on any atom is -0.507 e. The molecule has 8 nitrogen and oxygen atoms in total. The van der Waals surface area contributed by atoms with Gasteiger partial charge in [0.05, 0.1) is 4.90 Å². The number of hydrogen-bond donors (Lipinski definition) is 4. The van der Waals surface area contributed by atoms with E-state index < -0.39 is 27.3 Å². The number of carbonyl (C=O) groups is 2. The van der Waals surface area contributed by atoms with Gasteiger partial charge >= 0.3 is 5.97 Å². The second kappa shape index (κ2) is 8.30. The summed E-state index contributed by atoms with van der Waals surface area (Å²) in [6.07, 6.45) is 0.375. The molecule has 0 unspecified atom stereocenters. The topological polar surface area (TPSA) is 133 Å². The Morgan fingerprint density at radius 1 is 1.07 bits per heavy atom. The molecule has 0 fully saturated rings. The first-order valence-electron chi connectivity index (χ1n) is 8.49. The van der Waals surface area contributed by atoms with Crippen LogP contribution in [-0.2, 0) is 14.8 Å². The van der Waals surface area contributed by atoms with Gasteiger partial charge in [-0.3, -0.25) is 9.52 Å². The zero-order chi connectivity index (χ0) is 21.1. The fraction of sp³-hybridized carbons (Fsp3) is 0.263. The van der Waals surface area contributed by atoms with Crippen molar-refractivity contribution in [1.29, 1.82) is 0 Å². The number of aryl methyl sites for hydroxylation is 1. The SMILES string of the molecule is Cc1cc(O)c(C(=O)O)cc1S(=O)(=O)Nc1ccc(NC(=O)CC(C)C)cc1. The van der Waals surface area contributed by atoms with Gasteiger partial charge in [0.15, 0.2) is 0 Å². The van der Waals surface area contributed by atoms with E-state index in [4.69, 9.17) is 5.11 Å². The van der Waals surface area contributed by atoms with E-state index >= 15 is 0 Å². The molecule has 0 bridgehead atoms. The molecule has 0 saturated carbocycles. The minimum atomic E-state index is -4.08. The summed E-state index contributed by atoms with van der Waals surface area (Å²) in [5.41, 5.74) is 0.468. The van der Waals surface area contributed by atoms with Crippen molar-refractivity contribution in [3.05, 3.63) is 47.5 Å². The predicted octanol–water partition coefficient (Wildman–Crippen LogP) is 3.18. The van der Waals surface area contributed by atoms with E-state index in [1.807, 2.05) is 13.8 Å². The summed E-state index contributed by atoms with van der Waals surface area (Å²) >= 11 is 0. The van der Waals surface area contributed by atoms with Crippen molar-refractivity contribution in [1.82, 2.24) is 0 Å². The van der Waals surface area contributed by atoms with Crippen LogP contribution in [0.2, 0.25) is 0 Å². The smallest absolute Gasteiger partial charge is 0.339 e. The Hall–Kier alpha value is -3.07.